The van der Waals surface area contributed by atoms with Gasteiger partial charge in [-0.2, -0.15) is 0 Å². The van der Waals surface area contributed by atoms with E-state index in [-0.39, 0.29) is 28.5 Å². The molecule has 3 aromatic rings. The van der Waals surface area contributed by atoms with Gasteiger partial charge in [0.2, 0.25) is 6.10 Å². The molecule has 1 unspecified atom stereocenters. The fourth-order valence-corrected chi connectivity index (χ4v) is 4.22. The topological polar surface area (TPSA) is 117 Å². The summed E-state index contributed by atoms with van der Waals surface area (Å²) in [6, 6.07) is 19.5. The van der Waals surface area contributed by atoms with Crippen molar-refractivity contribution in [1.29, 1.82) is 0 Å². The van der Waals surface area contributed by atoms with Gasteiger partial charge in [-0.15, -0.1) is 0 Å². The van der Waals surface area contributed by atoms with Crippen LogP contribution in [0.25, 0.3) is 0 Å². The number of benzene rings is 3. The summed E-state index contributed by atoms with van der Waals surface area (Å²) in [7, 11) is 0. The molecule has 2 atom stereocenters. The number of oxime groups is 1. The fourth-order valence-electron chi connectivity index (χ4n) is 3.65. The van der Waals surface area contributed by atoms with E-state index in [2.05, 4.69) is 15.8 Å². The van der Waals surface area contributed by atoms with Crippen LogP contribution in [0, 0.1) is 0 Å². The van der Waals surface area contributed by atoms with Crippen molar-refractivity contribution in [3.8, 4) is 0 Å². The maximum Gasteiger partial charge on any atom is 0.326 e. The zero-order valence-electron chi connectivity index (χ0n) is 18.8. The van der Waals surface area contributed by atoms with Crippen molar-refractivity contribution in [3.63, 3.8) is 0 Å². The number of hydrogen-bond donors (Lipinski definition) is 3. The lowest BCUT2D eigenvalue weighted by atomic mass is 10.0. The molecule has 0 saturated carbocycles. The van der Waals surface area contributed by atoms with Crippen molar-refractivity contribution in [2.24, 2.45) is 5.16 Å². The average molecular weight is 526 g/mol. The summed E-state index contributed by atoms with van der Waals surface area (Å²) in [4.78, 5) is 42.2. The quantitative estimate of drug-likeness (QED) is 0.398. The molecule has 10 heteroatoms. The van der Waals surface area contributed by atoms with Crippen LogP contribution < -0.4 is 10.6 Å². The largest absolute Gasteiger partial charge is 0.480 e. The van der Waals surface area contributed by atoms with Crippen LogP contribution >= 0.6 is 23.2 Å². The number of rotatable bonds is 8. The van der Waals surface area contributed by atoms with E-state index in [1.807, 2.05) is 30.3 Å². The Morgan fingerprint density at radius 1 is 0.972 bits per heavy atom. The summed E-state index contributed by atoms with van der Waals surface area (Å²) in [5.41, 5.74) is 2.74. The van der Waals surface area contributed by atoms with Gasteiger partial charge in [0.15, 0.2) is 0 Å². The fraction of sp³-hybridized carbons (Fsp3) is 0.154. The molecule has 1 heterocycles. The van der Waals surface area contributed by atoms with Crippen LogP contribution in [-0.2, 0) is 20.8 Å². The van der Waals surface area contributed by atoms with Crippen molar-refractivity contribution in [3.05, 3.63) is 99.5 Å². The molecule has 4 rings (SSSR count). The Kier molecular flexibility index (Phi) is 7.87. The van der Waals surface area contributed by atoms with Gasteiger partial charge in [-0.25, -0.2) is 4.79 Å². The number of amides is 2. The molecule has 0 radical (unpaired) electrons. The van der Waals surface area contributed by atoms with E-state index in [1.54, 1.807) is 42.5 Å². The van der Waals surface area contributed by atoms with Crippen molar-refractivity contribution < 1.29 is 24.3 Å². The first-order chi connectivity index (χ1) is 17.3. The molecule has 184 valence electrons. The zero-order chi connectivity index (χ0) is 25.7. The Labute approximate surface area is 216 Å². The third kappa shape index (κ3) is 6.02. The molecule has 3 aromatic carbocycles. The lowest BCUT2D eigenvalue weighted by molar-refractivity contribution is -0.143. The van der Waals surface area contributed by atoms with Crippen molar-refractivity contribution in [1.82, 2.24) is 5.32 Å². The second-order valence-corrected chi connectivity index (χ2v) is 8.87. The smallest absolute Gasteiger partial charge is 0.326 e. The SMILES string of the molecule is O=C(Nc1ccc(C[C@H](NC(=O)C2CC(c3ccccc3)=NO2)C(=O)O)cc1)c1c(Cl)cccc1Cl. The van der Waals surface area contributed by atoms with E-state index < -0.39 is 29.9 Å². The minimum atomic E-state index is -1.18. The highest BCUT2D eigenvalue weighted by Gasteiger charge is 2.32. The normalized spacial score (nSPS) is 15.4. The molecular formula is C26H21Cl2N3O5. The molecular weight excluding hydrogens is 505 g/mol. The van der Waals surface area contributed by atoms with Crippen LogP contribution in [0.15, 0.2) is 78.0 Å². The minimum Gasteiger partial charge on any atom is -0.480 e. The lowest BCUT2D eigenvalue weighted by Crippen LogP contribution is -2.46. The minimum absolute atomic E-state index is 0.0325. The highest BCUT2D eigenvalue weighted by molar-refractivity contribution is 6.40. The Balaban J connectivity index is 1.35. The molecule has 0 fully saturated rings. The van der Waals surface area contributed by atoms with Crippen LogP contribution in [-0.4, -0.2) is 40.7 Å². The molecule has 2 amide bonds. The predicted octanol–water partition coefficient (Wildman–Crippen LogP) is 4.55. The first kappa shape index (κ1) is 25.2. The molecule has 0 bridgehead atoms. The Bertz CT molecular complexity index is 1290. The number of aliphatic carboxylic acids is 1. The van der Waals surface area contributed by atoms with Crippen LogP contribution in [0.1, 0.15) is 27.9 Å². The van der Waals surface area contributed by atoms with Gasteiger partial charge in [-0.1, -0.05) is 76.9 Å². The maximum atomic E-state index is 12.7. The number of anilines is 1. The zero-order valence-corrected chi connectivity index (χ0v) is 20.3. The summed E-state index contributed by atoms with van der Waals surface area (Å²) in [5, 5.41) is 19.3. The highest BCUT2D eigenvalue weighted by Crippen LogP contribution is 2.25. The van der Waals surface area contributed by atoms with Crippen LogP contribution in [0.5, 0.6) is 0 Å². The third-order valence-electron chi connectivity index (χ3n) is 5.52. The van der Waals surface area contributed by atoms with E-state index in [0.717, 1.165) is 5.56 Å². The molecule has 0 aromatic heterocycles. The van der Waals surface area contributed by atoms with Crippen LogP contribution in [0.3, 0.4) is 0 Å². The van der Waals surface area contributed by atoms with Gasteiger partial charge in [0, 0.05) is 18.5 Å². The number of halogens is 2. The van der Waals surface area contributed by atoms with E-state index in [1.165, 1.54) is 0 Å². The molecule has 8 nitrogen and oxygen atoms in total. The highest BCUT2D eigenvalue weighted by atomic mass is 35.5. The number of carbonyl (C=O) groups excluding carboxylic acids is 2. The molecule has 0 spiro atoms. The van der Waals surface area contributed by atoms with Crippen LogP contribution in [0.2, 0.25) is 10.0 Å². The van der Waals surface area contributed by atoms with Gasteiger partial charge >= 0.3 is 5.97 Å². The maximum absolute atomic E-state index is 12.7. The molecule has 1 aliphatic rings. The third-order valence-corrected chi connectivity index (χ3v) is 6.15. The number of carboxylic acid groups (broad SMARTS) is 1. The second kappa shape index (κ2) is 11.2. The first-order valence-corrected chi connectivity index (χ1v) is 11.7. The summed E-state index contributed by atoms with van der Waals surface area (Å²) < 4.78 is 0. The summed E-state index contributed by atoms with van der Waals surface area (Å²) in [6.07, 6.45) is -0.632. The average Bonchev–Trinajstić information content (AvgIpc) is 3.36. The van der Waals surface area contributed by atoms with Gasteiger partial charge in [0.05, 0.1) is 21.3 Å². The van der Waals surface area contributed by atoms with Gasteiger partial charge < -0.3 is 20.6 Å². The lowest BCUT2D eigenvalue weighted by Gasteiger charge is -2.17. The van der Waals surface area contributed by atoms with Crippen molar-refractivity contribution >= 4 is 52.4 Å². The Morgan fingerprint density at radius 3 is 2.28 bits per heavy atom. The first-order valence-electron chi connectivity index (χ1n) is 11.0. The van der Waals surface area contributed by atoms with E-state index in [4.69, 9.17) is 28.0 Å². The number of carboxylic acids is 1. The van der Waals surface area contributed by atoms with Gasteiger partial charge in [0.1, 0.15) is 6.04 Å². The number of carbonyl (C=O) groups is 3. The van der Waals surface area contributed by atoms with E-state index in [0.29, 0.717) is 17.0 Å². The second-order valence-electron chi connectivity index (χ2n) is 8.05. The van der Waals surface area contributed by atoms with Gasteiger partial charge in [0.25, 0.3) is 11.8 Å². The van der Waals surface area contributed by atoms with E-state index in [9.17, 15) is 19.5 Å². The molecule has 3 N–H and O–H groups in total. The Morgan fingerprint density at radius 2 is 1.64 bits per heavy atom. The monoisotopic (exact) mass is 525 g/mol. The summed E-state index contributed by atoms with van der Waals surface area (Å²) >= 11 is 12.2. The number of hydrogen-bond acceptors (Lipinski definition) is 5. The number of nitrogens with one attached hydrogen (secondary N) is 2. The summed E-state index contributed by atoms with van der Waals surface area (Å²) in [6.45, 7) is 0. The molecule has 36 heavy (non-hydrogen) atoms. The van der Waals surface area contributed by atoms with Gasteiger partial charge in [-0.3, -0.25) is 9.59 Å². The standard InChI is InChI=1S/C26H21Cl2N3O5/c27-18-7-4-8-19(28)23(18)25(33)29-17-11-9-15(10-12-17)13-21(26(34)35)30-24(32)22-14-20(31-36-22)16-5-2-1-3-6-16/h1-12,21-22H,13-14H2,(H,29,33)(H,30,32)(H,34,35)/t21-,22?/m0/s1. The van der Waals surface area contributed by atoms with E-state index >= 15 is 0 Å². The van der Waals surface area contributed by atoms with Crippen LogP contribution in [0.4, 0.5) is 5.69 Å². The summed E-state index contributed by atoms with van der Waals surface area (Å²) in [5.74, 6) is -2.21. The number of nitrogens with zero attached hydrogens (tertiary/aromatic N) is 1. The predicted molar refractivity (Wildman–Crippen MR) is 137 cm³/mol. The molecule has 0 aliphatic carbocycles. The van der Waals surface area contributed by atoms with Crippen molar-refractivity contribution in [2.45, 2.75) is 25.0 Å². The molecule has 0 saturated heterocycles. The van der Waals surface area contributed by atoms with Crippen molar-refractivity contribution in [2.75, 3.05) is 5.32 Å². The Hall–Kier alpha value is -3.88. The van der Waals surface area contributed by atoms with Gasteiger partial charge in [-0.05, 0) is 35.4 Å². The molecule has 1 aliphatic heterocycles.